The second kappa shape index (κ2) is 13.6. The average molecular weight is 567 g/mol. The standard InChI is InChI=1S/C27H31ClF4N6O/c1-2-17-6-8-18(9-7-17)25(34)38(13-11-27(30,31)32)26(39)37-15-23(33)19-10-12-35-16-24(19)36-14-20-21(28)4-3-5-22(20)29/h3-9,34-35H,2,10-16,33H2,1H3,(H,37,39)/b23-19-,34-25?,36-24?. The highest BCUT2D eigenvalue weighted by Gasteiger charge is 2.31. The molecular weight excluding hydrogens is 536 g/mol. The first-order chi connectivity index (χ1) is 18.5. The third-order valence-electron chi connectivity index (χ3n) is 6.27. The topological polar surface area (TPSA) is 107 Å². The zero-order chi connectivity index (χ0) is 28.6. The number of carbonyl (C=O) groups excluding carboxylic acids is 1. The molecule has 5 N–H and O–H groups in total. The van der Waals surface area contributed by atoms with Crippen LogP contribution in [0.2, 0.25) is 5.02 Å². The molecule has 1 aliphatic heterocycles. The summed E-state index contributed by atoms with van der Waals surface area (Å²) in [4.78, 5) is 18.2. The van der Waals surface area contributed by atoms with Gasteiger partial charge in [-0.15, -0.1) is 0 Å². The molecule has 2 aromatic rings. The molecular formula is C27H31ClF4N6O. The van der Waals surface area contributed by atoms with Crippen molar-refractivity contribution in [3.63, 3.8) is 0 Å². The number of benzene rings is 2. The van der Waals surface area contributed by atoms with Crippen molar-refractivity contribution in [2.45, 2.75) is 38.9 Å². The van der Waals surface area contributed by atoms with Crippen LogP contribution in [0.4, 0.5) is 22.4 Å². The zero-order valence-electron chi connectivity index (χ0n) is 21.5. The summed E-state index contributed by atoms with van der Waals surface area (Å²) in [6, 6.07) is 10.2. The minimum atomic E-state index is -4.51. The second-order valence-corrected chi connectivity index (χ2v) is 9.38. The van der Waals surface area contributed by atoms with Gasteiger partial charge in [-0.3, -0.25) is 15.3 Å². The molecule has 0 bridgehead atoms. The number of piperidine rings is 1. The van der Waals surface area contributed by atoms with Gasteiger partial charge in [0.15, 0.2) is 0 Å². The fourth-order valence-corrected chi connectivity index (χ4v) is 4.23. The number of aliphatic imine (C=N–C) groups is 1. The van der Waals surface area contributed by atoms with E-state index in [1.807, 2.05) is 6.92 Å². The molecule has 39 heavy (non-hydrogen) atoms. The van der Waals surface area contributed by atoms with Crippen LogP contribution in [0.3, 0.4) is 0 Å². The van der Waals surface area contributed by atoms with Crippen molar-refractivity contribution < 1.29 is 22.4 Å². The van der Waals surface area contributed by atoms with E-state index in [4.69, 9.17) is 22.7 Å². The lowest BCUT2D eigenvalue weighted by Gasteiger charge is -2.25. The SMILES string of the molecule is CCc1ccc(C(=N)N(CCC(F)(F)F)C(=O)NC/C(N)=C2\CCNCC2=NCc2c(F)cccc2Cl)cc1. The number of amidine groups is 1. The van der Waals surface area contributed by atoms with Crippen molar-refractivity contribution in [2.75, 3.05) is 26.2 Å². The number of alkyl halides is 3. The first-order valence-electron chi connectivity index (χ1n) is 12.4. The first-order valence-corrected chi connectivity index (χ1v) is 12.8. The molecule has 3 rings (SSSR count). The van der Waals surface area contributed by atoms with Crippen LogP contribution in [0.5, 0.6) is 0 Å². The molecule has 12 heteroatoms. The highest BCUT2D eigenvalue weighted by atomic mass is 35.5. The Bertz CT molecular complexity index is 1220. The second-order valence-electron chi connectivity index (χ2n) is 8.97. The molecule has 0 aromatic heterocycles. The summed E-state index contributed by atoms with van der Waals surface area (Å²) in [6.07, 6.45) is -4.53. The molecule has 210 valence electrons. The Kier molecular flexibility index (Phi) is 10.5. The van der Waals surface area contributed by atoms with Gasteiger partial charge in [-0.25, -0.2) is 9.18 Å². The van der Waals surface area contributed by atoms with Crippen LogP contribution in [-0.2, 0) is 13.0 Å². The van der Waals surface area contributed by atoms with Gasteiger partial charge >= 0.3 is 12.2 Å². The Morgan fingerprint density at radius 3 is 2.59 bits per heavy atom. The number of rotatable bonds is 8. The fraction of sp³-hybridized carbons (Fsp3) is 0.370. The molecule has 0 unspecified atom stereocenters. The van der Waals surface area contributed by atoms with Crippen LogP contribution in [0.15, 0.2) is 58.7 Å². The molecule has 1 fully saturated rings. The van der Waals surface area contributed by atoms with E-state index >= 15 is 0 Å². The Morgan fingerprint density at radius 2 is 1.95 bits per heavy atom. The number of hydrogen-bond acceptors (Lipinski definition) is 5. The third kappa shape index (κ3) is 8.52. The van der Waals surface area contributed by atoms with E-state index in [9.17, 15) is 22.4 Å². The van der Waals surface area contributed by atoms with E-state index in [0.29, 0.717) is 36.4 Å². The molecule has 1 aliphatic rings. The normalized spacial score (nSPS) is 16.2. The number of amides is 2. The summed E-state index contributed by atoms with van der Waals surface area (Å²) in [7, 11) is 0. The predicted octanol–water partition coefficient (Wildman–Crippen LogP) is 5.18. The van der Waals surface area contributed by atoms with Gasteiger partial charge in [0.1, 0.15) is 11.7 Å². The lowest BCUT2D eigenvalue weighted by atomic mass is 10.0. The predicted molar refractivity (Wildman–Crippen MR) is 145 cm³/mol. The maximum Gasteiger partial charge on any atom is 0.390 e. The van der Waals surface area contributed by atoms with Gasteiger partial charge in [0.05, 0.1) is 25.2 Å². The molecule has 0 radical (unpaired) electrons. The molecule has 2 aromatic carbocycles. The highest BCUT2D eigenvalue weighted by Crippen LogP contribution is 2.22. The molecule has 0 saturated carbocycles. The van der Waals surface area contributed by atoms with Crippen molar-refractivity contribution >= 4 is 29.2 Å². The quantitative estimate of drug-likeness (QED) is 0.201. The summed E-state index contributed by atoms with van der Waals surface area (Å²) in [5, 5.41) is 14.4. The smallest absolute Gasteiger partial charge is 0.390 e. The lowest BCUT2D eigenvalue weighted by molar-refractivity contribution is -0.135. The van der Waals surface area contributed by atoms with Crippen molar-refractivity contribution in [1.29, 1.82) is 5.41 Å². The Morgan fingerprint density at radius 1 is 1.23 bits per heavy atom. The van der Waals surface area contributed by atoms with Crippen LogP contribution in [0.1, 0.15) is 36.5 Å². The highest BCUT2D eigenvalue weighted by molar-refractivity contribution is 6.31. The van der Waals surface area contributed by atoms with Crippen molar-refractivity contribution in [1.82, 2.24) is 15.5 Å². The molecule has 0 aliphatic carbocycles. The van der Waals surface area contributed by atoms with Gasteiger partial charge in [-0.1, -0.05) is 48.9 Å². The van der Waals surface area contributed by atoms with Crippen LogP contribution in [-0.4, -0.2) is 54.8 Å². The maximum absolute atomic E-state index is 14.2. The lowest BCUT2D eigenvalue weighted by Crippen LogP contribution is -2.46. The maximum atomic E-state index is 14.2. The summed E-state index contributed by atoms with van der Waals surface area (Å²) in [5.41, 5.74) is 9.35. The van der Waals surface area contributed by atoms with Crippen LogP contribution >= 0.6 is 11.6 Å². The Hall–Kier alpha value is -3.44. The largest absolute Gasteiger partial charge is 0.400 e. The van der Waals surface area contributed by atoms with Crippen LogP contribution < -0.4 is 16.4 Å². The van der Waals surface area contributed by atoms with Gasteiger partial charge in [0.2, 0.25) is 0 Å². The number of nitrogens with zero attached hydrogens (tertiary/aromatic N) is 2. The summed E-state index contributed by atoms with van der Waals surface area (Å²) in [6.45, 7) is 2.02. The van der Waals surface area contributed by atoms with Gasteiger partial charge < -0.3 is 16.4 Å². The van der Waals surface area contributed by atoms with Gasteiger partial charge in [0, 0.05) is 34.9 Å². The number of nitrogens with two attached hydrogens (primary N) is 1. The number of hydrogen-bond donors (Lipinski definition) is 4. The third-order valence-corrected chi connectivity index (χ3v) is 6.62. The number of urea groups is 1. The average Bonchev–Trinajstić information content (AvgIpc) is 2.91. The van der Waals surface area contributed by atoms with E-state index in [-0.39, 0.29) is 35.2 Å². The molecule has 7 nitrogen and oxygen atoms in total. The monoisotopic (exact) mass is 566 g/mol. The van der Waals surface area contributed by atoms with Crippen molar-refractivity contribution in [3.8, 4) is 0 Å². The molecule has 0 atom stereocenters. The summed E-state index contributed by atoms with van der Waals surface area (Å²) in [5.74, 6) is -0.830. The van der Waals surface area contributed by atoms with Crippen LogP contribution in [0.25, 0.3) is 0 Å². The van der Waals surface area contributed by atoms with Crippen molar-refractivity contribution in [3.05, 3.63) is 81.3 Å². The number of aryl methyl sites for hydroxylation is 1. The van der Waals surface area contributed by atoms with E-state index in [2.05, 4.69) is 15.6 Å². The summed E-state index contributed by atoms with van der Waals surface area (Å²) >= 11 is 6.10. The molecule has 0 spiro atoms. The van der Waals surface area contributed by atoms with Crippen LogP contribution in [0, 0.1) is 11.2 Å². The van der Waals surface area contributed by atoms with Gasteiger partial charge in [0.25, 0.3) is 0 Å². The minimum absolute atomic E-state index is 0.00906. The molecule has 1 saturated heterocycles. The van der Waals surface area contributed by atoms with Gasteiger partial charge in [-0.05, 0) is 42.7 Å². The Labute approximate surface area is 229 Å². The first kappa shape index (κ1) is 30.1. The van der Waals surface area contributed by atoms with E-state index in [1.165, 1.54) is 12.1 Å². The van der Waals surface area contributed by atoms with Crippen molar-refractivity contribution in [2.24, 2.45) is 10.7 Å². The molecule has 2 amide bonds. The summed E-state index contributed by atoms with van der Waals surface area (Å²) < 4.78 is 53.1. The zero-order valence-corrected chi connectivity index (χ0v) is 22.2. The van der Waals surface area contributed by atoms with Gasteiger partial charge in [-0.2, -0.15) is 13.2 Å². The number of nitrogens with one attached hydrogen (secondary N) is 3. The Balaban J connectivity index is 1.76. The molecule has 1 heterocycles. The minimum Gasteiger partial charge on any atom is -0.400 e. The number of carbonyl (C=O) groups is 1. The van der Waals surface area contributed by atoms with E-state index < -0.39 is 31.0 Å². The number of halogens is 5. The van der Waals surface area contributed by atoms with E-state index in [1.54, 1.807) is 30.3 Å². The fourth-order valence-electron chi connectivity index (χ4n) is 4.01. The van der Waals surface area contributed by atoms with E-state index in [0.717, 1.165) is 16.9 Å².